The number of nitrogens with one attached hydrogen (secondary N) is 1. The smallest absolute Gasteiger partial charge is 0.400 e. The summed E-state index contributed by atoms with van der Waals surface area (Å²) in [6.45, 7) is 7.47. The third-order valence-electron chi connectivity index (χ3n) is 4.78. The zero-order chi connectivity index (χ0) is 18.4. The van der Waals surface area contributed by atoms with Crippen LogP contribution in [0, 0.1) is 0 Å². The van der Waals surface area contributed by atoms with E-state index < -0.39 is 29.7 Å². The Morgan fingerprint density at radius 2 is 1.84 bits per heavy atom. The molecule has 1 aliphatic heterocycles. The van der Waals surface area contributed by atoms with Crippen molar-refractivity contribution in [2.75, 3.05) is 6.61 Å². The molecule has 1 aromatic heterocycles. The number of aromatic amines is 1. The van der Waals surface area contributed by atoms with Crippen molar-refractivity contribution in [2.24, 2.45) is 0 Å². The summed E-state index contributed by atoms with van der Waals surface area (Å²) in [5.41, 5.74) is -0.168. The molecule has 0 unspecified atom stereocenters. The van der Waals surface area contributed by atoms with Gasteiger partial charge in [-0.2, -0.15) is 0 Å². The molecule has 2 heterocycles. The first-order chi connectivity index (χ1) is 11.6. The number of rotatable bonds is 3. The summed E-state index contributed by atoms with van der Waals surface area (Å²) < 4.78 is 16.4. The summed E-state index contributed by atoms with van der Waals surface area (Å²) >= 11 is 0. The van der Waals surface area contributed by atoms with E-state index in [0.29, 0.717) is 16.6 Å². The fraction of sp³-hybridized carbons (Fsp3) is 0.412. The minimum absolute atomic E-state index is 0.250. The van der Waals surface area contributed by atoms with Gasteiger partial charge in [-0.15, -0.1) is 0 Å². The van der Waals surface area contributed by atoms with E-state index in [0.717, 1.165) is 0 Å². The van der Waals surface area contributed by atoms with E-state index >= 15 is 0 Å². The minimum Gasteiger partial charge on any atom is -0.400 e. The molecule has 1 fully saturated rings. The SMILES string of the molecule is CC1(C)OB(C(=Cc2ccc3[nH]c(=O)oc(=O)c3c2)CO)OC1(C)C. The first-order valence-electron chi connectivity index (χ1n) is 7.97. The van der Waals surface area contributed by atoms with Gasteiger partial charge in [-0.05, 0) is 50.9 Å². The van der Waals surface area contributed by atoms with Gasteiger partial charge in [-0.3, -0.25) is 4.98 Å². The molecule has 0 amide bonds. The molecule has 3 rings (SSSR count). The van der Waals surface area contributed by atoms with Gasteiger partial charge in [0.2, 0.25) is 0 Å². The average molecular weight is 345 g/mol. The zero-order valence-electron chi connectivity index (χ0n) is 14.6. The van der Waals surface area contributed by atoms with Gasteiger partial charge < -0.3 is 18.8 Å². The van der Waals surface area contributed by atoms with Crippen LogP contribution in [-0.2, 0) is 9.31 Å². The van der Waals surface area contributed by atoms with Crippen LogP contribution in [-0.4, -0.2) is 35.0 Å². The van der Waals surface area contributed by atoms with Crippen molar-refractivity contribution < 1.29 is 18.8 Å². The number of benzene rings is 1. The van der Waals surface area contributed by atoms with E-state index in [1.54, 1.807) is 24.3 Å². The van der Waals surface area contributed by atoms with Crippen molar-refractivity contribution in [2.45, 2.75) is 38.9 Å². The summed E-state index contributed by atoms with van der Waals surface area (Å²) in [6, 6.07) is 4.91. The van der Waals surface area contributed by atoms with Gasteiger partial charge in [0.25, 0.3) is 0 Å². The minimum atomic E-state index is -0.797. The molecule has 2 aromatic rings. The van der Waals surface area contributed by atoms with Crippen LogP contribution >= 0.6 is 0 Å². The van der Waals surface area contributed by atoms with Crippen molar-refractivity contribution in [1.82, 2.24) is 4.98 Å². The maximum absolute atomic E-state index is 11.8. The van der Waals surface area contributed by atoms with Crippen molar-refractivity contribution in [3.8, 4) is 0 Å². The Hall–Kier alpha value is -2.16. The van der Waals surface area contributed by atoms with E-state index in [9.17, 15) is 14.7 Å². The van der Waals surface area contributed by atoms with Gasteiger partial charge in [0, 0.05) is 0 Å². The van der Waals surface area contributed by atoms with Gasteiger partial charge >= 0.3 is 18.5 Å². The highest BCUT2D eigenvalue weighted by Gasteiger charge is 2.52. The van der Waals surface area contributed by atoms with Gasteiger partial charge in [-0.25, -0.2) is 9.59 Å². The summed E-state index contributed by atoms with van der Waals surface area (Å²) in [5, 5.41) is 9.99. The number of hydrogen-bond acceptors (Lipinski definition) is 6. The molecule has 25 heavy (non-hydrogen) atoms. The lowest BCUT2D eigenvalue weighted by Crippen LogP contribution is -2.41. The average Bonchev–Trinajstić information content (AvgIpc) is 2.73. The lowest BCUT2D eigenvalue weighted by atomic mass is 9.77. The van der Waals surface area contributed by atoms with E-state index in [1.807, 2.05) is 27.7 Å². The van der Waals surface area contributed by atoms with E-state index in [4.69, 9.17) is 9.31 Å². The number of hydrogen-bond donors (Lipinski definition) is 2. The highest BCUT2D eigenvalue weighted by Crippen LogP contribution is 2.38. The second-order valence-electron chi connectivity index (χ2n) is 7.07. The monoisotopic (exact) mass is 345 g/mol. The highest BCUT2D eigenvalue weighted by molar-refractivity contribution is 6.55. The van der Waals surface area contributed by atoms with Gasteiger partial charge in [0.05, 0.1) is 28.7 Å². The standard InChI is InChI=1S/C17H20BNO6/c1-16(2)17(3,4)25-18(24-16)11(9-20)7-10-5-6-13-12(8-10)14(21)23-15(22)19-13/h5-8,20H,9H2,1-4H3,(H,19,22). The molecule has 0 atom stereocenters. The van der Waals surface area contributed by atoms with Crippen LogP contribution in [0.1, 0.15) is 33.3 Å². The Balaban J connectivity index is 2.00. The molecule has 0 bridgehead atoms. The van der Waals surface area contributed by atoms with Crippen molar-refractivity contribution in [1.29, 1.82) is 0 Å². The molecule has 0 spiro atoms. The Kier molecular flexibility index (Phi) is 4.22. The second kappa shape index (κ2) is 5.98. The van der Waals surface area contributed by atoms with Crippen LogP contribution < -0.4 is 11.4 Å². The van der Waals surface area contributed by atoms with Crippen LogP contribution in [0.15, 0.2) is 37.7 Å². The summed E-state index contributed by atoms with van der Waals surface area (Å²) in [5.74, 6) is -0.797. The third kappa shape index (κ3) is 3.20. The fourth-order valence-electron chi connectivity index (χ4n) is 2.60. The van der Waals surface area contributed by atoms with Crippen molar-refractivity contribution in [3.05, 3.63) is 50.2 Å². The fourth-order valence-corrected chi connectivity index (χ4v) is 2.60. The Morgan fingerprint density at radius 3 is 2.44 bits per heavy atom. The molecular formula is C17H20BNO6. The Bertz CT molecular complexity index is 939. The predicted octanol–water partition coefficient (Wildman–Crippen LogP) is 1.49. The maximum Gasteiger partial charge on any atom is 0.492 e. The second-order valence-corrected chi connectivity index (χ2v) is 7.07. The topological polar surface area (TPSA) is 102 Å². The molecular weight excluding hydrogens is 325 g/mol. The van der Waals surface area contributed by atoms with Crippen LogP contribution in [0.3, 0.4) is 0 Å². The molecule has 1 aliphatic rings. The summed E-state index contributed by atoms with van der Waals surface area (Å²) in [4.78, 5) is 25.5. The van der Waals surface area contributed by atoms with E-state index in [1.165, 1.54) is 0 Å². The Labute approximate surface area is 144 Å². The van der Waals surface area contributed by atoms with Crippen LogP contribution in [0.25, 0.3) is 17.0 Å². The Morgan fingerprint density at radius 1 is 1.20 bits per heavy atom. The maximum atomic E-state index is 11.8. The van der Waals surface area contributed by atoms with E-state index in [2.05, 4.69) is 9.40 Å². The number of aromatic nitrogens is 1. The molecule has 8 heteroatoms. The summed E-state index contributed by atoms with van der Waals surface area (Å²) in [7, 11) is -0.683. The zero-order valence-corrected chi connectivity index (χ0v) is 14.6. The van der Waals surface area contributed by atoms with Crippen LogP contribution in [0.5, 0.6) is 0 Å². The number of fused-ring (bicyclic) bond motifs is 1. The quantitative estimate of drug-likeness (QED) is 0.818. The first-order valence-corrected chi connectivity index (χ1v) is 7.97. The number of aliphatic hydroxyl groups is 1. The molecule has 0 radical (unpaired) electrons. The molecule has 1 aromatic carbocycles. The lowest BCUT2D eigenvalue weighted by molar-refractivity contribution is 0.00578. The summed E-state index contributed by atoms with van der Waals surface area (Å²) in [6.07, 6.45) is 1.70. The van der Waals surface area contributed by atoms with Crippen molar-refractivity contribution in [3.63, 3.8) is 0 Å². The predicted molar refractivity (Wildman–Crippen MR) is 94.2 cm³/mol. The molecule has 7 nitrogen and oxygen atoms in total. The number of H-pyrrole nitrogens is 1. The molecule has 1 saturated heterocycles. The van der Waals surface area contributed by atoms with Gasteiger partial charge in [-0.1, -0.05) is 12.1 Å². The molecule has 0 saturated carbocycles. The molecule has 2 N–H and O–H groups in total. The number of aliphatic hydroxyl groups excluding tert-OH is 1. The van der Waals surface area contributed by atoms with Gasteiger partial charge in [0.15, 0.2) is 0 Å². The van der Waals surface area contributed by atoms with E-state index in [-0.39, 0.29) is 12.0 Å². The molecule has 132 valence electrons. The highest BCUT2D eigenvalue weighted by atomic mass is 16.7. The lowest BCUT2D eigenvalue weighted by Gasteiger charge is -2.32. The van der Waals surface area contributed by atoms with Crippen molar-refractivity contribution >= 4 is 24.1 Å². The third-order valence-corrected chi connectivity index (χ3v) is 4.78. The van der Waals surface area contributed by atoms with Crippen LogP contribution in [0.4, 0.5) is 0 Å². The largest absolute Gasteiger partial charge is 0.492 e. The van der Waals surface area contributed by atoms with Gasteiger partial charge in [0.1, 0.15) is 0 Å². The molecule has 0 aliphatic carbocycles. The normalized spacial score (nSPS) is 19.6. The first kappa shape index (κ1) is 17.7. The van der Waals surface area contributed by atoms with Crippen LogP contribution in [0.2, 0.25) is 0 Å².